The minimum atomic E-state index is -0.540. The highest BCUT2D eigenvalue weighted by Gasteiger charge is 2.54. The van der Waals surface area contributed by atoms with Crippen LogP contribution < -0.4 is 5.32 Å². The number of carbonyl (C=O) groups excluding carboxylic acids is 2. The summed E-state index contributed by atoms with van der Waals surface area (Å²) in [7, 11) is 0. The first kappa shape index (κ1) is 13.2. The number of amides is 2. The van der Waals surface area contributed by atoms with Gasteiger partial charge in [-0.1, -0.05) is 0 Å². The van der Waals surface area contributed by atoms with Crippen LogP contribution >= 0.6 is 0 Å². The Balaban J connectivity index is 1.75. The second kappa shape index (κ2) is 4.14. The number of likely N-dealkylation sites (tertiary alicyclic amines) is 1. The van der Waals surface area contributed by atoms with Crippen LogP contribution in [0.5, 0.6) is 0 Å². The Kier molecular flexibility index (Phi) is 3.03. The first-order chi connectivity index (χ1) is 8.21. The Bertz CT molecular complexity index is 361. The Morgan fingerprint density at radius 3 is 2.28 bits per heavy atom. The van der Waals surface area contributed by atoms with Crippen LogP contribution in [0.2, 0.25) is 0 Å². The fraction of sp³-hybridized carbons (Fsp3) is 0.846. The molecule has 1 spiro atoms. The number of hydrogen-bond acceptors (Lipinski definition) is 3. The molecule has 18 heavy (non-hydrogen) atoms. The van der Waals surface area contributed by atoms with E-state index in [1.807, 2.05) is 4.90 Å². The molecule has 1 saturated carbocycles. The van der Waals surface area contributed by atoms with Crippen molar-refractivity contribution in [3.8, 4) is 0 Å². The zero-order valence-electron chi connectivity index (χ0n) is 11.6. The van der Waals surface area contributed by atoms with Crippen molar-refractivity contribution < 1.29 is 14.3 Å². The number of carbonyl (C=O) groups is 2. The fourth-order valence-electron chi connectivity index (χ4n) is 2.23. The molecule has 0 unspecified atom stereocenters. The van der Waals surface area contributed by atoms with Crippen molar-refractivity contribution in [2.75, 3.05) is 13.1 Å². The quantitative estimate of drug-likeness (QED) is 0.813. The summed E-state index contributed by atoms with van der Waals surface area (Å²) in [6, 6.07) is -0.518. The van der Waals surface area contributed by atoms with E-state index in [1.165, 1.54) is 12.8 Å². The number of hydrogen-bond donors (Lipinski definition) is 1. The molecule has 2 amide bonds. The van der Waals surface area contributed by atoms with Gasteiger partial charge in [0.15, 0.2) is 0 Å². The molecule has 0 aromatic heterocycles. The number of nitrogens with one attached hydrogen (secondary N) is 1. The number of rotatable bonds is 2. The lowest BCUT2D eigenvalue weighted by Crippen LogP contribution is -2.57. The Morgan fingerprint density at radius 1 is 1.28 bits per heavy atom. The van der Waals surface area contributed by atoms with E-state index in [2.05, 4.69) is 5.32 Å². The van der Waals surface area contributed by atoms with E-state index in [9.17, 15) is 9.59 Å². The Morgan fingerprint density at radius 2 is 1.83 bits per heavy atom. The molecule has 5 nitrogen and oxygen atoms in total. The lowest BCUT2D eigenvalue weighted by molar-refractivity contribution is -0.140. The van der Waals surface area contributed by atoms with E-state index in [1.54, 1.807) is 27.7 Å². The van der Waals surface area contributed by atoms with Crippen molar-refractivity contribution >= 4 is 12.0 Å². The predicted octanol–water partition coefficient (Wildman–Crippen LogP) is 1.52. The molecule has 2 aliphatic rings. The predicted molar refractivity (Wildman–Crippen MR) is 67.1 cm³/mol. The third kappa shape index (κ3) is 2.94. The highest BCUT2D eigenvalue weighted by atomic mass is 16.6. The molecule has 2 rings (SSSR count). The van der Waals surface area contributed by atoms with Crippen LogP contribution in [0, 0.1) is 5.41 Å². The van der Waals surface area contributed by atoms with E-state index in [0.717, 1.165) is 13.1 Å². The van der Waals surface area contributed by atoms with Crippen molar-refractivity contribution in [3.05, 3.63) is 0 Å². The molecule has 1 saturated heterocycles. The first-order valence-electron chi connectivity index (χ1n) is 6.49. The van der Waals surface area contributed by atoms with Gasteiger partial charge >= 0.3 is 6.09 Å². The second-order valence-corrected chi connectivity index (χ2v) is 6.56. The van der Waals surface area contributed by atoms with Gasteiger partial charge in [-0.05, 0) is 40.5 Å². The third-order valence-electron chi connectivity index (χ3n) is 3.42. The Hall–Kier alpha value is -1.26. The van der Waals surface area contributed by atoms with Crippen LogP contribution in [0.25, 0.3) is 0 Å². The second-order valence-electron chi connectivity index (χ2n) is 6.56. The van der Waals surface area contributed by atoms with Gasteiger partial charge in [0.2, 0.25) is 5.91 Å². The van der Waals surface area contributed by atoms with E-state index < -0.39 is 17.7 Å². The summed E-state index contributed by atoms with van der Waals surface area (Å²) in [6.07, 6.45) is 1.94. The molecule has 1 heterocycles. The van der Waals surface area contributed by atoms with Crippen LogP contribution in [0.3, 0.4) is 0 Å². The van der Waals surface area contributed by atoms with E-state index in [4.69, 9.17) is 4.74 Å². The molecule has 1 aliphatic heterocycles. The van der Waals surface area contributed by atoms with Crippen molar-refractivity contribution in [1.29, 1.82) is 0 Å². The minimum Gasteiger partial charge on any atom is -0.444 e. The van der Waals surface area contributed by atoms with Gasteiger partial charge in [-0.2, -0.15) is 0 Å². The maximum atomic E-state index is 12.0. The average molecular weight is 254 g/mol. The van der Waals surface area contributed by atoms with Crippen LogP contribution in [-0.4, -0.2) is 41.6 Å². The topological polar surface area (TPSA) is 58.6 Å². The summed E-state index contributed by atoms with van der Waals surface area (Å²) < 4.78 is 5.12. The molecule has 5 heteroatoms. The molecule has 1 N–H and O–H groups in total. The van der Waals surface area contributed by atoms with Gasteiger partial charge in [-0.25, -0.2) is 4.79 Å². The lowest BCUT2D eigenvalue weighted by Gasteiger charge is -2.41. The zero-order valence-corrected chi connectivity index (χ0v) is 11.6. The van der Waals surface area contributed by atoms with Gasteiger partial charge < -0.3 is 15.0 Å². The highest BCUT2D eigenvalue weighted by molar-refractivity contribution is 5.86. The van der Waals surface area contributed by atoms with Gasteiger partial charge in [-0.15, -0.1) is 0 Å². The van der Waals surface area contributed by atoms with E-state index >= 15 is 0 Å². The van der Waals surface area contributed by atoms with Gasteiger partial charge in [-0.3, -0.25) is 4.79 Å². The summed E-state index contributed by atoms with van der Waals surface area (Å²) >= 11 is 0. The molecule has 102 valence electrons. The molecule has 0 aromatic carbocycles. The van der Waals surface area contributed by atoms with Crippen molar-refractivity contribution in [1.82, 2.24) is 10.2 Å². The monoisotopic (exact) mass is 254 g/mol. The molecule has 0 radical (unpaired) electrons. The third-order valence-corrected chi connectivity index (χ3v) is 3.42. The van der Waals surface area contributed by atoms with E-state index in [0.29, 0.717) is 5.41 Å². The maximum Gasteiger partial charge on any atom is 0.408 e. The molecular formula is C13H22N2O3. The van der Waals surface area contributed by atoms with Gasteiger partial charge in [0.05, 0.1) is 0 Å². The maximum absolute atomic E-state index is 12.0. The smallest absolute Gasteiger partial charge is 0.408 e. The molecular weight excluding hydrogens is 232 g/mol. The normalized spacial score (nSPS) is 22.1. The number of alkyl carbamates (subject to hydrolysis) is 1. The first-order valence-corrected chi connectivity index (χ1v) is 6.49. The standard InChI is InChI=1S/C13H22N2O3/c1-9(14-11(17)18-12(2,3)4)10(16)15-7-13(8-15)5-6-13/h9H,5-8H2,1-4H3,(H,14,17)/t9-/m1/s1. The summed E-state index contributed by atoms with van der Waals surface area (Å²) in [5, 5.41) is 2.58. The number of ether oxygens (including phenoxy) is 1. The van der Waals surface area contributed by atoms with Crippen molar-refractivity contribution in [3.63, 3.8) is 0 Å². The Labute approximate surface area is 108 Å². The summed E-state index contributed by atoms with van der Waals surface area (Å²) in [4.78, 5) is 25.4. The summed E-state index contributed by atoms with van der Waals surface area (Å²) in [5.74, 6) is -0.0154. The van der Waals surface area contributed by atoms with Crippen LogP contribution in [-0.2, 0) is 9.53 Å². The lowest BCUT2D eigenvalue weighted by atomic mass is 9.96. The van der Waals surface area contributed by atoms with Crippen LogP contribution in [0.1, 0.15) is 40.5 Å². The van der Waals surface area contributed by atoms with Crippen molar-refractivity contribution in [2.24, 2.45) is 5.41 Å². The van der Waals surface area contributed by atoms with Gasteiger partial charge in [0.1, 0.15) is 11.6 Å². The minimum absolute atomic E-state index is 0.0154. The summed E-state index contributed by atoms with van der Waals surface area (Å²) in [6.45, 7) is 8.80. The SMILES string of the molecule is C[C@@H](NC(=O)OC(C)(C)C)C(=O)N1CC2(CC2)C1. The van der Waals surface area contributed by atoms with Crippen LogP contribution in [0.4, 0.5) is 4.79 Å². The fourth-order valence-corrected chi connectivity index (χ4v) is 2.23. The highest BCUT2D eigenvalue weighted by Crippen LogP contribution is 2.52. The molecule has 2 fully saturated rings. The largest absolute Gasteiger partial charge is 0.444 e. The van der Waals surface area contributed by atoms with E-state index in [-0.39, 0.29) is 5.91 Å². The molecule has 1 atom stereocenters. The molecule has 0 bridgehead atoms. The number of nitrogens with zero attached hydrogens (tertiary/aromatic N) is 1. The average Bonchev–Trinajstić information content (AvgIpc) is 2.90. The van der Waals surface area contributed by atoms with Crippen molar-refractivity contribution in [2.45, 2.75) is 52.2 Å². The molecule has 1 aliphatic carbocycles. The van der Waals surface area contributed by atoms with Crippen LogP contribution in [0.15, 0.2) is 0 Å². The van der Waals surface area contributed by atoms with Gasteiger partial charge in [0, 0.05) is 18.5 Å². The summed E-state index contributed by atoms with van der Waals surface area (Å²) in [5.41, 5.74) is -0.0943. The van der Waals surface area contributed by atoms with Gasteiger partial charge in [0.25, 0.3) is 0 Å². The zero-order chi connectivity index (χ0) is 13.6. The molecule has 0 aromatic rings.